The van der Waals surface area contributed by atoms with Crippen LogP contribution in [0, 0.1) is 17.6 Å². The van der Waals surface area contributed by atoms with E-state index >= 15 is 0 Å². The van der Waals surface area contributed by atoms with Crippen molar-refractivity contribution in [2.45, 2.75) is 32.6 Å². The largest absolute Gasteiger partial charge is 0.343 e. The average Bonchev–Trinajstić information content (AvgIpc) is 2.75. The van der Waals surface area contributed by atoms with Crippen LogP contribution in [0.1, 0.15) is 31.7 Å². The molecule has 3 rings (SSSR count). The fraction of sp³-hybridized carbons (Fsp3) is 0.391. The lowest BCUT2D eigenvalue weighted by Gasteiger charge is -2.34. The van der Waals surface area contributed by atoms with Crippen LogP contribution in [-0.2, 0) is 16.0 Å². The zero-order chi connectivity index (χ0) is 20.8. The van der Waals surface area contributed by atoms with Crippen LogP contribution >= 0.6 is 0 Å². The number of piperidine rings is 1. The van der Waals surface area contributed by atoms with Gasteiger partial charge in [0.25, 0.3) is 0 Å². The number of rotatable bonds is 6. The number of benzene rings is 2. The van der Waals surface area contributed by atoms with Gasteiger partial charge in [0.15, 0.2) is 11.6 Å². The lowest BCUT2D eigenvalue weighted by molar-refractivity contribution is -0.134. The molecule has 4 nitrogen and oxygen atoms in total. The molecule has 2 aromatic carbocycles. The van der Waals surface area contributed by atoms with Gasteiger partial charge in [-0.1, -0.05) is 30.3 Å². The van der Waals surface area contributed by atoms with Gasteiger partial charge >= 0.3 is 0 Å². The second-order valence-corrected chi connectivity index (χ2v) is 7.32. The van der Waals surface area contributed by atoms with Crippen molar-refractivity contribution < 1.29 is 18.4 Å². The summed E-state index contributed by atoms with van der Waals surface area (Å²) in [4.78, 5) is 28.7. The van der Waals surface area contributed by atoms with Crippen LogP contribution in [0.25, 0.3) is 0 Å². The Bertz CT molecular complexity index is 849. The topological polar surface area (TPSA) is 40.6 Å². The van der Waals surface area contributed by atoms with E-state index in [2.05, 4.69) is 0 Å². The van der Waals surface area contributed by atoms with Gasteiger partial charge in [0, 0.05) is 43.7 Å². The molecule has 0 N–H and O–H groups in total. The Hall–Kier alpha value is -2.76. The van der Waals surface area contributed by atoms with E-state index in [1.165, 1.54) is 11.0 Å². The van der Waals surface area contributed by atoms with Gasteiger partial charge < -0.3 is 9.80 Å². The van der Waals surface area contributed by atoms with E-state index in [0.717, 1.165) is 17.7 Å². The van der Waals surface area contributed by atoms with Crippen molar-refractivity contribution in [3.05, 3.63) is 65.7 Å². The molecule has 0 spiro atoms. The molecule has 0 bridgehead atoms. The van der Waals surface area contributed by atoms with Gasteiger partial charge in [0.05, 0.1) is 0 Å². The van der Waals surface area contributed by atoms with Crippen molar-refractivity contribution in [3.8, 4) is 0 Å². The minimum atomic E-state index is -0.965. The summed E-state index contributed by atoms with van der Waals surface area (Å²) in [6, 6.07) is 13.4. The first kappa shape index (κ1) is 21.0. The van der Waals surface area contributed by atoms with Crippen LogP contribution in [-0.4, -0.2) is 36.3 Å². The standard InChI is InChI=1S/C23H26F2N2O2/c1-2-27(19-9-10-20(24)21(25)16-19)23(29)18-12-14-26(15-13-18)22(28)11-8-17-6-4-3-5-7-17/h3-7,9-10,16,18H,2,8,11-15H2,1H3. The number of hydrogen-bond donors (Lipinski definition) is 0. The molecule has 0 unspecified atom stereocenters. The first-order valence-corrected chi connectivity index (χ1v) is 10.1. The highest BCUT2D eigenvalue weighted by Gasteiger charge is 2.30. The maximum atomic E-state index is 13.6. The Morgan fingerprint density at radius 2 is 1.72 bits per heavy atom. The molecule has 6 heteroatoms. The number of aryl methyl sites for hydroxylation is 1. The van der Waals surface area contributed by atoms with Gasteiger partial charge in [-0.25, -0.2) is 8.78 Å². The molecule has 1 heterocycles. The van der Waals surface area contributed by atoms with Crippen LogP contribution < -0.4 is 4.90 Å². The van der Waals surface area contributed by atoms with Gasteiger partial charge in [0.2, 0.25) is 11.8 Å². The number of halogens is 2. The van der Waals surface area contributed by atoms with Gasteiger partial charge in [-0.05, 0) is 43.9 Å². The number of likely N-dealkylation sites (tertiary alicyclic amines) is 1. The number of carbonyl (C=O) groups is 2. The van der Waals surface area contributed by atoms with Gasteiger partial charge in [-0.3, -0.25) is 9.59 Å². The highest BCUT2D eigenvalue weighted by Crippen LogP contribution is 2.25. The van der Waals surface area contributed by atoms with E-state index in [4.69, 9.17) is 0 Å². The van der Waals surface area contributed by atoms with Crippen molar-refractivity contribution in [3.63, 3.8) is 0 Å². The molecule has 1 fully saturated rings. The second kappa shape index (κ2) is 9.63. The van der Waals surface area contributed by atoms with Crippen molar-refractivity contribution in [2.75, 3.05) is 24.5 Å². The average molecular weight is 400 g/mol. The Kier molecular flexibility index (Phi) is 6.96. The summed E-state index contributed by atoms with van der Waals surface area (Å²) < 4.78 is 26.8. The fourth-order valence-electron chi connectivity index (χ4n) is 3.77. The first-order valence-electron chi connectivity index (χ1n) is 10.1. The summed E-state index contributed by atoms with van der Waals surface area (Å²) in [6.45, 7) is 3.26. The Morgan fingerprint density at radius 1 is 1.03 bits per heavy atom. The molecule has 1 saturated heterocycles. The van der Waals surface area contributed by atoms with E-state index in [0.29, 0.717) is 51.0 Å². The highest BCUT2D eigenvalue weighted by atomic mass is 19.2. The number of anilines is 1. The Balaban J connectivity index is 1.54. The minimum Gasteiger partial charge on any atom is -0.343 e. The number of carbonyl (C=O) groups excluding carboxylic acids is 2. The van der Waals surface area contributed by atoms with Crippen LogP contribution in [0.15, 0.2) is 48.5 Å². The number of nitrogens with zero attached hydrogens (tertiary/aromatic N) is 2. The molecule has 2 amide bonds. The summed E-state index contributed by atoms with van der Waals surface area (Å²) >= 11 is 0. The number of hydrogen-bond acceptors (Lipinski definition) is 2. The summed E-state index contributed by atoms with van der Waals surface area (Å²) in [7, 11) is 0. The van der Waals surface area contributed by atoms with E-state index < -0.39 is 11.6 Å². The van der Waals surface area contributed by atoms with E-state index in [-0.39, 0.29) is 17.7 Å². The second-order valence-electron chi connectivity index (χ2n) is 7.32. The zero-order valence-electron chi connectivity index (χ0n) is 16.6. The monoisotopic (exact) mass is 400 g/mol. The Morgan fingerprint density at radius 3 is 2.34 bits per heavy atom. The molecular weight excluding hydrogens is 374 g/mol. The third-order valence-corrected chi connectivity index (χ3v) is 5.46. The normalized spacial score (nSPS) is 14.7. The lowest BCUT2D eigenvalue weighted by Crippen LogP contribution is -2.44. The predicted octanol–water partition coefficient (Wildman–Crippen LogP) is 4.19. The van der Waals surface area contributed by atoms with Gasteiger partial charge in [-0.15, -0.1) is 0 Å². The third-order valence-electron chi connectivity index (χ3n) is 5.46. The summed E-state index contributed by atoms with van der Waals surface area (Å²) in [5.74, 6) is -2.11. The predicted molar refractivity (Wildman–Crippen MR) is 108 cm³/mol. The molecule has 2 aromatic rings. The summed E-state index contributed by atoms with van der Waals surface area (Å²) in [5.41, 5.74) is 1.49. The molecule has 1 aliphatic heterocycles. The molecular formula is C23H26F2N2O2. The molecule has 0 aromatic heterocycles. The molecule has 0 aliphatic carbocycles. The van der Waals surface area contributed by atoms with E-state index in [1.807, 2.05) is 35.2 Å². The summed E-state index contributed by atoms with van der Waals surface area (Å²) in [6.07, 6.45) is 2.32. The van der Waals surface area contributed by atoms with Crippen LogP contribution in [0.2, 0.25) is 0 Å². The van der Waals surface area contributed by atoms with Crippen molar-refractivity contribution >= 4 is 17.5 Å². The van der Waals surface area contributed by atoms with Gasteiger partial charge in [-0.2, -0.15) is 0 Å². The molecule has 0 radical (unpaired) electrons. The van der Waals surface area contributed by atoms with E-state index in [1.54, 1.807) is 6.92 Å². The summed E-state index contributed by atoms with van der Waals surface area (Å²) in [5, 5.41) is 0. The maximum Gasteiger partial charge on any atom is 0.230 e. The maximum absolute atomic E-state index is 13.6. The Labute approximate surface area is 170 Å². The smallest absolute Gasteiger partial charge is 0.230 e. The van der Waals surface area contributed by atoms with Crippen molar-refractivity contribution in [2.24, 2.45) is 5.92 Å². The SMILES string of the molecule is CCN(C(=O)C1CCN(C(=O)CCc2ccccc2)CC1)c1ccc(F)c(F)c1. The fourth-order valence-corrected chi connectivity index (χ4v) is 3.77. The number of amides is 2. The molecule has 0 saturated carbocycles. The quantitative estimate of drug-likeness (QED) is 0.730. The molecule has 154 valence electrons. The van der Waals surface area contributed by atoms with E-state index in [9.17, 15) is 18.4 Å². The highest BCUT2D eigenvalue weighted by molar-refractivity contribution is 5.95. The van der Waals surface area contributed by atoms with Crippen LogP contribution in [0.4, 0.5) is 14.5 Å². The molecule has 0 atom stereocenters. The molecule has 1 aliphatic rings. The van der Waals surface area contributed by atoms with Crippen molar-refractivity contribution in [1.82, 2.24) is 4.90 Å². The first-order chi connectivity index (χ1) is 14.0. The van der Waals surface area contributed by atoms with Crippen LogP contribution in [0.5, 0.6) is 0 Å². The van der Waals surface area contributed by atoms with Gasteiger partial charge in [0.1, 0.15) is 0 Å². The lowest BCUT2D eigenvalue weighted by atomic mass is 9.94. The third kappa shape index (κ3) is 5.19. The van der Waals surface area contributed by atoms with Crippen molar-refractivity contribution in [1.29, 1.82) is 0 Å². The van der Waals surface area contributed by atoms with Crippen LogP contribution in [0.3, 0.4) is 0 Å². The molecule has 29 heavy (non-hydrogen) atoms. The minimum absolute atomic E-state index is 0.102. The zero-order valence-corrected chi connectivity index (χ0v) is 16.6.